The van der Waals surface area contributed by atoms with Crippen LogP contribution in [0.1, 0.15) is 24.8 Å². The smallest absolute Gasteiger partial charge is 0.321 e. The fraction of sp³-hybridized carbons (Fsp3) is 0.385. The molecule has 0 aliphatic carbocycles. The molecule has 0 fully saturated rings. The number of pyridine rings is 1. The molecule has 0 saturated heterocycles. The van der Waals surface area contributed by atoms with E-state index in [1.165, 1.54) is 0 Å². The maximum absolute atomic E-state index is 11.4. The summed E-state index contributed by atoms with van der Waals surface area (Å²) < 4.78 is 0. The van der Waals surface area contributed by atoms with Gasteiger partial charge in [-0.1, -0.05) is 6.07 Å². The predicted octanol–water partition coefficient (Wildman–Crippen LogP) is 0.705. The van der Waals surface area contributed by atoms with Crippen molar-refractivity contribution < 1.29 is 19.5 Å². The minimum Gasteiger partial charge on any atom is -0.481 e. The maximum atomic E-state index is 11.4. The summed E-state index contributed by atoms with van der Waals surface area (Å²) in [5.74, 6) is -1.44. The van der Waals surface area contributed by atoms with Gasteiger partial charge in [0.2, 0.25) is 5.91 Å². The molecule has 0 atom stereocenters. The molecule has 0 radical (unpaired) electrons. The van der Waals surface area contributed by atoms with Crippen molar-refractivity contribution in [3.05, 3.63) is 30.1 Å². The number of amides is 3. The maximum Gasteiger partial charge on any atom is 0.321 e. The van der Waals surface area contributed by atoms with Crippen molar-refractivity contribution in [1.29, 1.82) is 0 Å². The number of carboxylic acids is 1. The lowest BCUT2D eigenvalue weighted by molar-refractivity contribution is -0.137. The first-order valence-corrected chi connectivity index (χ1v) is 6.26. The Labute approximate surface area is 116 Å². The van der Waals surface area contributed by atoms with Gasteiger partial charge in [-0.05, 0) is 24.5 Å². The van der Waals surface area contributed by atoms with Crippen LogP contribution in [0, 0.1) is 0 Å². The number of nitrogens with one attached hydrogen (secondary N) is 2. The number of hydrogen-bond acceptors (Lipinski definition) is 4. The molecular weight excluding hydrogens is 262 g/mol. The van der Waals surface area contributed by atoms with Gasteiger partial charge < -0.3 is 10.4 Å². The fourth-order valence-corrected chi connectivity index (χ4v) is 1.50. The SMILES string of the molecule is O=C(O)CCCC(=O)NC(=O)NCCc1cccnc1. The van der Waals surface area contributed by atoms with E-state index in [0.29, 0.717) is 13.0 Å². The topological polar surface area (TPSA) is 108 Å². The summed E-state index contributed by atoms with van der Waals surface area (Å²) in [5.41, 5.74) is 0.987. The fourth-order valence-electron chi connectivity index (χ4n) is 1.50. The Hall–Kier alpha value is -2.44. The Bertz CT molecular complexity index is 462. The zero-order valence-electron chi connectivity index (χ0n) is 11.0. The van der Waals surface area contributed by atoms with Crippen molar-refractivity contribution >= 4 is 17.9 Å². The van der Waals surface area contributed by atoms with Crippen LogP contribution in [0.3, 0.4) is 0 Å². The van der Waals surface area contributed by atoms with Crippen LogP contribution in [0.5, 0.6) is 0 Å². The number of nitrogens with zero attached hydrogens (tertiary/aromatic N) is 1. The van der Waals surface area contributed by atoms with E-state index in [0.717, 1.165) is 5.56 Å². The monoisotopic (exact) mass is 279 g/mol. The molecular formula is C13H17N3O4. The third kappa shape index (κ3) is 7.10. The average Bonchev–Trinajstić information content (AvgIpc) is 2.39. The van der Waals surface area contributed by atoms with E-state index in [-0.39, 0.29) is 19.3 Å². The van der Waals surface area contributed by atoms with Crippen molar-refractivity contribution in [2.24, 2.45) is 0 Å². The van der Waals surface area contributed by atoms with Gasteiger partial charge in [0, 0.05) is 31.8 Å². The van der Waals surface area contributed by atoms with E-state index in [4.69, 9.17) is 5.11 Å². The highest BCUT2D eigenvalue weighted by molar-refractivity contribution is 5.94. The number of imide groups is 1. The quantitative estimate of drug-likeness (QED) is 0.681. The number of rotatable bonds is 7. The average molecular weight is 279 g/mol. The zero-order valence-corrected chi connectivity index (χ0v) is 11.0. The molecule has 1 aromatic rings. The lowest BCUT2D eigenvalue weighted by Gasteiger charge is -2.06. The van der Waals surface area contributed by atoms with E-state index >= 15 is 0 Å². The first-order chi connectivity index (χ1) is 9.58. The molecule has 20 heavy (non-hydrogen) atoms. The van der Waals surface area contributed by atoms with E-state index < -0.39 is 17.9 Å². The molecule has 7 heteroatoms. The second kappa shape index (κ2) is 8.63. The van der Waals surface area contributed by atoms with E-state index in [9.17, 15) is 14.4 Å². The normalized spacial score (nSPS) is 9.80. The molecule has 0 aliphatic heterocycles. The van der Waals surface area contributed by atoms with Crippen LogP contribution in [-0.4, -0.2) is 34.5 Å². The lowest BCUT2D eigenvalue weighted by atomic mass is 10.2. The molecule has 0 unspecified atom stereocenters. The first-order valence-electron chi connectivity index (χ1n) is 6.26. The van der Waals surface area contributed by atoms with E-state index in [2.05, 4.69) is 15.6 Å². The second-order valence-corrected chi connectivity index (χ2v) is 4.16. The van der Waals surface area contributed by atoms with Gasteiger partial charge in [0.1, 0.15) is 0 Å². The third-order valence-electron chi connectivity index (χ3n) is 2.47. The van der Waals surface area contributed by atoms with E-state index in [1.54, 1.807) is 18.5 Å². The molecule has 0 aliphatic rings. The summed E-state index contributed by atoms with van der Waals surface area (Å²) in [6, 6.07) is 3.12. The van der Waals surface area contributed by atoms with Gasteiger partial charge in [-0.25, -0.2) is 4.79 Å². The van der Waals surface area contributed by atoms with Gasteiger partial charge in [-0.3, -0.25) is 19.9 Å². The Balaban J connectivity index is 2.13. The number of hydrogen-bond donors (Lipinski definition) is 3. The Morgan fingerprint density at radius 1 is 1.25 bits per heavy atom. The van der Waals surface area contributed by atoms with Gasteiger partial charge in [-0.15, -0.1) is 0 Å². The summed E-state index contributed by atoms with van der Waals surface area (Å²) in [7, 11) is 0. The first kappa shape index (κ1) is 15.6. The molecule has 108 valence electrons. The van der Waals surface area contributed by atoms with Crippen LogP contribution >= 0.6 is 0 Å². The molecule has 1 aromatic heterocycles. The molecule has 7 nitrogen and oxygen atoms in total. The third-order valence-corrected chi connectivity index (χ3v) is 2.47. The highest BCUT2D eigenvalue weighted by Gasteiger charge is 2.07. The number of urea groups is 1. The van der Waals surface area contributed by atoms with Gasteiger partial charge >= 0.3 is 12.0 Å². The Morgan fingerprint density at radius 3 is 2.70 bits per heavy atom. The predicted molar refractivity (Wildman–Crippen MR) is 71.0 cm³/mol. The van der Waals surface area contributed by atoms with Crippen LogP contribution < -0.4 is 10.6 Å². The van der Waals surface area contributed by atoms with Crippen molar-refractivity contribution in [3.63, 3.8) is 0 Å². The van der Waals surface area contributed by atoms with Crippen LogP contribution in [0.2, 0.25) is 0 Å². The van der Waals surface area contributed by atoms with Crippen LogP contribution in [0.15, 0.2) is 24.5 Å². The van der Waals surface area contributed by atoms with Gasteiger partial charge in [-0.2, -0.15) is 0 Å². The van der Waals surface area contributed by atoms with E-state index in [1.807, 2.05) is 6.07 Å². The summed E-state index contributed by atoms with van der Waals surface area (Å²) in [5, 5.41) is 13.1. The molecule has 0 bridgehead atoms. The highest BCUT2D eigenvalue weighted by atomic mass is 16.4. The Morgan fingerprint density at radius 2 is 2.05 bits per heavy atom. The minimum atomic E-state index is -0.960. The molecule has 1 heterocycles. The van der Waals surface area contributed by atoms with Crippen LogP contribution in [0.4, 0.5) is 4.79 Å². The Kier molecular flexibility index (Phi) is 6.74. The van der Waals surface area contributed by atoms with Gasteiger partial charge in [0.15, 0.2) is 0 Å². The molecule has 1 rings (SSSR count). The number of carboxylic acid groups (broad SMARTS) is 1. The summed E-state index contributed by atoms with van der Waals surface area (Å²) >= 11 is 0. The van der Waals surface area contributed by atoms with Crippen molar-refractivity contribution in [2.75, 3.05) is 6.54 Å². The molecule has 0 aromatic carbocycles. The van der Waals surface area contributed by atoms with Crippen LogP contribution in [-0.2, 0) is 16.0 Å². The number of carbonyl (C=O) groups excluding carboxylic acids is 2. The highest BCUT2D eigenvalue weighted by Crippen LogP contribution is 1.96. The van der Waals surface area contributed by atoms with Gasteiger partial charge in [0.05, 0.1) is 0 Å². The molecule has 3 N–H and O–H groups in total. The minimum absolute atomic E-state index is 0.0162. The zero-order chi connectivity index (χ0) is 14.8. The second-order valence-electron chi connectivity index (χ2n) is 4.16. The summed E-state index contributed by atoms with van der Waals surface area (Å²) in [6.45, 7) is 0.389. The van der Waals surface area contributed by atoms with Crippen LogP contribution in [0.25, 0.3) is 0 Å². The number of aromatic nitrogens is 1. The summed E-state index contributed by atoms with van der Waals surface area (Å²) in [4.78, 5) is 36.9. The molecule has 0 saturated carbocycles. The largest absolute Gasteiger partial charge is 0.481 e. The van der Waals surface area contributed by atoms with Crippen molar-refractivity contribution in [2.45, 2.75) is 25.7 Å². The van der Waals surface area contributed by atoms with Crippen molar-refractivity contribution in [3.8, 4) is 0 Å². The molecule has 3 amide bonds. The number of aliphatic carboxylic acids is 1. The summed E-state index contributed by atoms with van der Waals surface area (Å²) in [6.07, 6.45) is 4.13. The van der Waals surface area contributed by atoms with Crippen molar-refractivity contribution in [1.82, 2.24) is 15.6 Å². The standard InChI is InChI=1S/C13H17N3O4/c17-11(4-1-5-12(18)19)16-13(20)15-8-6-10-3-2-7-14-9-10/h2-3,7,9H,1,4-6,8H2,(H,18,19)(H2,15,16,17,20). The van der Waals surface area contributed by atoms with Gasteiger partial charge in [0.25, 0.3) is 0 Å². The number of carbonyl (C=O) groups is 3. The lowest BCUT2D eigenvalue weighted by Crippen LogP contribution is -2.40. The molecule has 0 spiro atoms.